The largest absolute Gasteiger partial charge is 0.381 e. The molecule has 1 aliphatic rings. The summed E-state index contributed by atoms with van der Waals surface area (Å²) in [6.45, 7) is 0.786. The number of carbonyl (C=O) groups excluding carboxylic acids is 2. The lowest BCUT2D eigenvalue weighted by Crippen LogP contribution is -2.33. The Kier molecular flexibility index (Phi) is 6.92. The van der Waals surface area contributed by atoms with E-state index in [2.05, 4.69) is 20.3 Å². The first-order valence-corrected chi connectivity index (χ1v) is 10.8. The van der Waals surface area contributed by atoms with Crippen LogP contribution in [0.2, 0.25) is 0 Å². The van der Waals surface area contributed by atoms with Gasteiger partial charge in [0.2, 0.25) is 0 Å². The van der Waals surface area contributed by atoms with Gasteiger partial charge in [0, 0.05) is 30.4 Å². The molecule has 4 rings (SSSR count). The van der Waals surface area contributed by atoms with Gasteiger partial charge in [-0.2, -0.15) is 0 Å². The topological polar surface area (TPSA) is 143 Å². The molecule has 3 aromatic rings. The minimum absolute atomic E-state index is 0.229. The van der Waals surface area contributed by atoms with Gasteiger partial charge in [-0.05, 0) is 54.8 Å². The van der Waals surface area contributed by atoms with Crippen molar-refractivity contribution in [2.24, 2.45) is 11.5 Å². The molecule has 0 atom stereocenters. The number of H-pyrrole nitrogens is 1. The van der Waals surface area contributed by atoms with E-state index in [4.69, 9.17) is 11.5 Å². The molecule has 0 aliphatic heterocycles. The van der Waals surface area contributed by atoms with Crippen molar-refractivity contribution in [1.82, 2.24) is 20.3 Å². The van der Waals surface area contributed by atoms with Gasteiger partial charge in [-0.15, -0.1) is 0 Å². The Hall–Kier alpha value is -3.82. The zero-order valence-electron chi connectivity index (χ0n) is 18.2. The van der Waals surface area contributed by atoms with Crippen LogP contribution >= 0.6 is 0 Å². The molecule has 170 valence electrons. The van der Waals surface area contributed by atoms with Gasteiger partial charge in [0.25, 0.3) is 5.91 Å². The van der Waals surface area contributed by atoms with Gasteiger partial charge >= 0.3 is 0 Å². The molecule has 2 heterocycles. The maximum absolute atomic E-state index is 13.2. The third-order valence-corrected chi connectivity index (χ3v) is 5.51. The average Bonchev–Trinajstić information content (AvgIpc) is 3.26. The zero-order valence-corrected chi connectivity index (χ0v) is 18.2. The Morgan fingerprint density at radius 1 is 1.21 bits per heavy atom. The lowest BCUT2D eigenvalue weighted by atomic mass is 10.0. The molecule has 0 saturated heterocycles. The van der Waals surface area contributed by atoms with Crippen LogP contribution in [0.4, 0.5) is 5.82 Å². The van der Waals surface area contributed by atoms with Crippen molar-refractivity contribution >= 4 is 29.0 Å². The molecule has 1 amide bonds. The van der Waals surface area contributed by atoms with E-state index in [1.807, 2.05) is 24.3 Å². The monoisotopic (exact) mass is 445 g/mol. The van der Waals surface area contributed by atoms with Crippen molar-refractivity contribution in [1.29, 1.82) is 0 Å². The third kappa shape index (κ3) is 5.33. The Labute approximate surface area is 191 Å². The van der Waals surface area contributed by atoms with Crippen LogP contribution in [-0.2, 0) is 11.3 Å². The van der Waals surface area contributed by atoms with Crippen molar-refractivity contribution in [3.05, 3.63) is 77.4 Å². The molecule has 1 aromatic carbocycles. The van der Waals surface area contributed by atoms with Crippen LogP contribution in [0.25, 0.3) is 11.0 Å². The summed E-state index contributed by atoms with van der Waals surface area (Å²) in [5, 5.41) is 3.38. The lowest BCUT2D eigenvalue weighted by Gasteiger charge is -2.20. The molecule has 6 N–H and O–H groups in total. The average molecular weight is 446 g/mol. The van der Waals surface area contributed by atoms with E-state index in [0.717, 1.165) is 41.7 Å². The summed E-state index contributed by atoms with van der Waals surface area (Å²) in [5.41, 5.74) is 15.6. The number of imidazole rings is 1. The fourth-order valence-corrected chi connectivity index (χ4v) is 3.72. The molecular weight excluding hydrogens is 418 g/mol. The quantitative estimate of drug-likeness (QED) is 0.292. The molecule has 0 spiro atoms. The van der Waals surface area contributed by atoms with Crippen LogP contribution in [0.15, 0.2) is 66.0 Å². The minimum Gasteiger partial charge on any atom is -0.381 e. The first-order valence-electron chi connectivity index (χ1n) is 10.8. The van der Waals surface area contributed by atoms with Gasteiger partial charge in [-0.1, -0.05) is 12.1 Å². The number of rotatable bonds is 9. The number of aromatic nitrogens is 3. The normalized spacial score (nSPS) is 13.5. The molecule has 0 bridgehead atoms. The molecule has 0 saturated carbocycles. The van der Waals surface area contributed by atoms with Crippen LogP contribution in [0.3, 0.4) is 0 Å². The second kappa shape index (κ2) is 10.2. The van der Waals surface area contributed by atoms with Crippen LogP contribution < -0.4 is 21.7 Å². The van der Waals surface area contributed by atoms with E-state index in [-0.39, 0.29) is 18.9 Å². The maximum atomic E-state index is 13.2. The van der Waals surface area contributed by atoms with Crippen LogP contribution in [-0.4, -0.2) is 39.9 Å². The predicted molar refractivity (Wildman–Crippen MR) is 127 cm³/mol. The maximum Gasteiger partial charge on any atom is 0.259 e. The fraction of sp³-hybridized carbons (Fsp3) is 0.250. The Morgan fingerprint density at radius 2 is 2.09 bits per heavy atom. The number of anilines is 1. The highest BCUT2D eigenvalue weighted by molar-refractivity contribution is 6.07. The van der Waals surface area contributed by atoms with Gasteiger partial charge in [0.1, 0.15) is 17.9 Å². The van der Waals surface area contributed by atoms with Gasteiger partial charge in [-0.3, -0.25) is 9.69 Å². The Bertz CT molecular complexity index is 1200. The summed E-state index contributed by atoms with van der Waals surface area (Å²) in [4.78, 5) is 37.8. The van der Waals surface area contributed by atoms with Crippen molar-refractivity contribution < 1.29 is 9.59 Å². The van der Waals surface area contributed by atoms with Gasteiger partial charge in [0.05, 0.1) is 23.7 Å². The first-order chi connectivity index (χ1) is 16.0. The Balaban J connectivity index is 1.49. The highest BCUT2D eigenvalue weighted by Gasteiger charge is 2.19. The third-order valence-electron chi connectivity index (χ3n) is 5.51. The summed E-state index contributed by atoms with van der Waals surface area (Å²) in [7, 11) is 0. The number of hydrogen-bond acceptors (Lipinski definition) is 7. The predicted octanol–water partition coefficient (Wildman–Crippen LogP) is 2.13. The summed E-state index contributed by atoms with van der Waals surface area (Å²) in [5.74, 6) is 1.04. The molecule has 33 heavy (non-hydrogen) atoms. The summed E-state index contributed by atoms with van der Waals surface area (Å²) < 4.78 is 0. The highest BCUT2D eigenvalue weighted by Crippen LogP contribution is 2.20. The number of nitrogens with zero attached hydrogens (tertiary/aromatic N) is 3. The number of carbonyl (C=O) groups is 2. The number of hydrogen-bond donors (Lipinski definition) is 4. The number of nitrogens with one attached hydrogen (secondary N) is 2. The number of fused-ring (bicyclic) bond motifs is 1. The standard InChI is InChI=1S/C24H27N7O2/c25-23(26)16-5-8-18(9-6-16)28-15-21-29-19-10-7-17(14-20(19)30-21)24(33)31(12-3-13-32)22-4-1-2-11-27-22/h1-2,4-5,7-8,10-11,13-14,23,28H,3,6,9,12,15,25-26H2,(H,29,30). The van der Waals surface area contributed by atoms with E-state index >= 15 is 0 Å². The number of benzene rings is 1. The molecule has 9 heteroatoms. The summed E-state index contributed by atoms with van der Waals surface area (Å²) in [6, 6.07) is 10.7. The zero-order chi connectivity index (χ0) is 23.2. The number of nitrogens with two attached hydrogens (primary N) is 2. The van der Waals surface area contributed by atoms with E-state index in [1.165, 1.54) is 4.90 Å². The molecule has 1 aliphatic carbocycles. The molecular formula is C24H27N7O2. The summed E-state index contributed by atoms with van der Waals surface area (Å²) in [6.07, 6.45) is 7.87. The molecule has 0 unspecified atom stereocenters. The number of pyridine rings is 1. The smallest absolute Gasteiger partial charge is 0.259 e. The van der Waals surface area contributed by atoms with Crippen LogP contribution in [0.5, 0.6) is 0 Å². The van der Waals surface area contributed by atoms with E-state index in [9.17, 15) is 9.59 Å². The van der Waals surface area contributed by atoms with Crippen molar-refractivity contribution in [3.63, 3.8) is 0 Å². The molecule has 0 radical (unpaired) electrons. The van der Waals surface area contributed by atoms with Crippen molar-refractivity contribution in [2.45, 2.75) is 32.0 Å². The highest BCUT2D eigenvalue weighted by atomic mass is 16.2. The molecule has 9 nitrogen and oxygen atoms in total. The van der Waals surface area contributed by atoms with E-state index in [1.54, 1.807) is 30.5 Å². The number of aromatic amines is 1. The molecule has 2 aromatic heterocycles. The molecule has 0 fully saturated rings. The van der Waals surface area contributed by atoms with Crippen LogP contribution in [0.1, 0.15) is 35.4 Å². The first kappa shape index (κ1) is 22.4. The number of allylic oxidation sites excluding steroid dienone is 3. The van der Waals surface area contributed by atoms with E-state index in [0.29, 0.717) is 23.4 Å². The summed E-state index contributed by atoms with van der Waals surface area (Å²) >= 11 is 0. The second-order valence-electron chi connectivity index (χ2n) is 7.83. The van der Waals surface area contributed by atoms with Gasteiger partial charge in [-0.25, -0.2) is 9.97 Å². The van der Waals surface area contributed by atoms with Crippen LogP contribution in [0, 0.1) is 0 Å². The van der Waals surface area contributed by atoms with Gasteiger partial charge in [0.15, 0.2) is 0 Å². The second-order valence-corrected chi connectivity index (χ2v) is 7.83. The van der Waals surface area contributed by atoms with E-state index < -0.39 is 6.17 Å². The Morgan fingerprint density at radius 3 is 2.79 bits per heavy atom. The number of amides is 1. The van der Waals surface area contributed by atoms with Crippen molar-refractivity contribution in [2.75, 3.05) is 11.4 Å². The lowest BCUT2D eigenvalue weighted by molar-refractivity contribution is -0.107. The SMILES string of the molecule is NC(N)C1=CC=C(NCc2nc3cc(C(=O)N(CCC=O)c4ccccn4)ccc3[nH]2)CC1. The minimum atomic E-state index is -0.415. The van der Waals surface area contributed by atoms with Crippen molar-refractivity contribution in [3.8, 4) is 0 Å². The van der Waals surface area contributed by atoms with Gasteiger partial charge < -0.3 is 26.6 Å². The fourth-order valence-electron chi connectivity index (χ4n) is 3.72. The number of aldehydes is 1.